The predicted molar refractivity (Wildman–Crippen MR) is 74.7 cm³/mol. The molecule has 1 aliphatic carbocycles. The molecule has 0 aromatic rings. The minimum Gasteiger partial charge on any atom is -0.321 e. The molecule has 1 saturated carbocycles. The van der Waals surface area contributed by atoms with E-state index in [0.717, 1.165) is 32.1 Å². The molecule has 0 radical (unpaired) electrons. The molecule has 1 atom stereocenters. The molecule has 1 unspecified atom stereocenters. The Kier molecular flexibility index (Phi) is 4.16. The third kappa shape index (κ3) is 2.72. The number of hydrogen-bond donors (Lipinski definition) is 1. The van der Waals surface area contributed by atoms with Gasteiger partial charge in [-0.15, -0.1) is 0 Å². The van der Waals surface area contributed by atoms with E-state index in [9.17, 15) is 14.4 Å². The molecule has 0 bridgehead atoms. The second-order valence-corrected chi connectivity index (χ2v) is 6.61. The Morgan fingerprint density at radius 3 is 2.50 bits per heavy atom. The monoisotopic (exact) mass is 280 g/mol. The number of carbonyl (C=O) groups is 3. The van der Waals surface area contributed by atoms with Crippen molar-refractivity contribution in [2.24, 2.45) is 11.3 Å². The van der Waals surface area contributed by atoms with Crippen LogP contribution in [-0.4, -0.2) is 35.2 Å². The zero-order chi connectivity index (χ0) is 14.9. The van der Waals surface area contributed by atoms with Gasteiger partial charge in [0.2, 0.25) is 17.7 Å². The summed E-state index contributed by atoms with van der Waals surface area (Å²) in [5.41, 5.74) is -0.361. The van der Waals surface area contributed by atoms with Crippen molar-refractivity contribution in [3.05, 3.63) is 0 Å². The molecule has 1 heterocycles. The van der Waals surface area contributed by atoms with E-state index in [-0.39, 0.29) is 29.7 Å². The van der Waals surface area contributed by atoms with E-state index in [1.165, 1.54) is 4.90 Å². The standard InChI is InChI=1S/C15H24N2O3/c1-10(2)8-15(6-4-5-7-15)14(20)17-9-12(18)16-13(19)11(17)3/h10-11H,4-9H2,1-3H3,(H,16,18,19). The fraction of sp³-hybridized carbons (Fsp3) is 0.800. The van der Waals surface area contributed by atoms with Gasteiger partial charge in [-0.2, -0.15) is 0 Å². The first-order valence-electron chi connectivity index (χ1n) is 7.50. The molecule has 112 valence electrons. The first-order chi connectivity index (χ1) is 9.35. The van der Waals surface area contributed by atoms with Gasteiger partial charge in [-0.05, 0) is 32.1 Å². The van der Waals surface area contributed by atoms with Gasteiger partial charge in [0.05, 0.1) is 0 Å². The Hall–Kier alpha value is -1.39. The van der Waals surface area contributed by atoms with E-state index < -0.39 is 6.04 Å². The van der Waals surface area contributed by atoms with Crippen LogP contribution < -0.4 is 5.32 Å². The van der Waals surface area contributed by atoms with E-state index in [4.69, 9.17) is 0 Å². The number of nitrogens with one attached hydrogen (secondary N) is 1. The Morgan fingerprint density at radius 2 is 1.95 bits per heavy atom. The molecule has 3 amide bonds. The second kappa shape index (κ2) is 5.54. The fourth-order valence-electron chi connectivity index (χ4n) is 3.61. The van der Waals surface area contributed by atoms with Crippen molar-refractivity contribution >= 4 is 17.7 Å². The summed E-state index contributed by atoms with van der Waals surface area (Å²) in [6, 6.07) is -0.551. The molecular formula is C15H24N2O3. The highest BCUT2D eigenvalue weighted by Gasteiger charge is 2.47. The summed E-state index contributed by atoms with van der Waals surface area (Å²) in [5.74, 6) is -0.312. The first kappa shape index (κ1) is 15.0. The number of nitrogens with zero attached hydrogens (tertiary/aromatic N) is 1. The van der Waals surface area contributed by atoms with Crippen LogP contribution in [0.15, 0.2) is 0 Å². The third-order valence-corrected chi connectivity index (χ3v) is 4.50. The lowest BCUT2D eigenvalue weighted by Crippen LogP contribution is -2.61. The first-order valence-corrected chi connectivity index (χ1v) is 7.50. The van der Waals surface area contributed by atoms with Crippen molar-refractivity contribution < 1.29 is 14.4 Å². The molecule has 2 aliphatic rings. The molecule has 2 rings (SSSR count). The topological polar surface area (TPSA) is 66.5 Å². The summed E-state index contributed by atoms with van der Waals surface area (Å²) in [5, 5.41) is 2.29. The summed E-state index contributed by atoms with van der Waals surface area (Å²) >= 11 is 0. The average Bonchev–Trinajstić information content (AvgIpc) is 2.81. The number of piperazine rings is 1. The van der Waals surface area contributed by atoms with Gasteiger partial charge in [-0.25, -0.2) is 0 Å². The van der Waals surface area contributed by atoms with E-state index >= 15 is 0 Å². The van der Waals surface area contributed by atoms with Gasteiger partial charge in [0.25, 0.3) is 0 Å². The molecular weight excluding hydrogens is 256 g/mol. The molecule has 0 aromatic carbocycles. The summed E-state index contributed by atoms with van der Waals surface area (Å²) in [6.45, 7) is 5.93. The molecule has 1 saturated heterocycles. The second-order valence-electron chi connectivity index (χ2n) is 6.61. The number of hydrogen-bond acceptors (Lipinski definition) is 3. The maximum absolute atomic E-state index is 13.0. The highest BCUT2D eigenvalue weighted by Crippen LogP contribution is 2.45. The van der Waals surface area contributed by atoms with E-state index in [1.54, 1.807) is 6.92 Å². The lowest BCUT2D eigenvalue weighted by atomic mass is 9.77. The van der Waals surface area contributed by atoms with Gasteiger partial charge in [0.15, 0.2) is 0 Å². The van der Waals surface area contributed by atoms with Crippen molar-refractivity contribution in [2.75, 3.05) is 6.54 Å². The molecule has 1 aliphatic heterocycles. The molecule has 1 N–H and O–H groups in total. The molecule has 5 nitrogen and oxygen atoms in total. The Balaban J connectivity index is 2.22. The zero-order valence-electron chi connectivity index (χ0n) is 12.6. The minimum atomic E-state index is -0.551. The maximum Gasteiger partial charge on any atom is 0.249 e. The molecule has 0 spiro atoms. The van der Waals surface area contributed by atoms with Crippen molar-refractivity contribution in [3.63, 3.8) is 0 Å². The van der Waals surface area contributed by atoms with Crippen LogP contribution >= 0.6 is 0 Å². The number of rotatable bonds is 3. The predicted octanol–water partition coefficient (Wildman–Crippen LogP) is 1.47. The quantitative estimate of drug-likeness (QED) is 0.796. The van der Waals surface area contributed by atoms with E-state index in [0.29, 0.717) is 5.92 Å². The lowest BCUT2D eigenvalue weighted by molar-refractivity contribution is -0.156. The number of imide groups is 1. The zero-order valence-corrected chi connectivity index (χ0v) is 12.6. The highest BCUT2D eigenvalue weighted by atomic mass is 16.2. The highest BCUT2D eigenvalue weighted by molar-refractivity contribution is 6.04. The lowest BCUT2D eigenvalue weighted by Gasteiger charge is -2.39. The molecule has 20 heavy (non-hydrogen) atoms. The maximum atomic E-state index is 13.0. The van der Waals surface area contributed by atoms with Crippen LogP contribution in [0.3, 0.4) is 0 Å². The Morgan fingerprint density at radius 1 is 1.35 bits per heavy atom. The molecule has 5 heteroatoms. The summed E-state index contributed by atoms with van der Waals surface area (Å²) in [7, 11) is 0. The Labute approximate surface area is 120 Å². The van der Waals surface area contributed by atoms with Crippen LogP contribution in [0.4, 0.5) is 0 Å². The largest absolute Gasteiger partial charge is 0.321 e. The Bertz CT molecular complexity index is 425. The van der Waals surface area contributed by atoms with Crippen molar-refractivity contribution in [1.82, 2.24) is 10.2 Å². The van der Waals surface area contributed by atoms with Crippen molar-refractivity contribution in [1.29, 1.82) is 0 Å². The van der Waals surface area contributed by atoms with Gasteiger partial charge in [0, 0.05) is 5.41 Å². The summed E-state index contributed by atoms with van der Waals surface area (Å²) < 4.78 is 0. The smallest absolute Gasteiger partial charge is 0.249 e. The normalized spacial score (nSPS) is 26.0. The fourth-order valence-corrected chi connectivity index (χ4v) is 3.61. The van der Waals surface area contributed by atoms with Crippen molar-refractivity contribution in [3.8, 4) is 0 Å². The van der Waals surface area contributed by atoms with Crippen LogP contribution in [0.2, 0.25) is 0 Å². The average molecular weight is 280 g/mol. The molecule has 2 fully saturated rings. The van der Waals surface area contributed by atoms with E-state index in [2.05, 4.69) is 19.2 Å². The van der Waals surface area contributed by atoms with Gasteiger partial charge < -0.3 is 4.90 Å². The van der Waals surface area contributed by atoms with Crippen LogP contribution in [0.5, 0.6) is 0 Å². The number of carbonyl (C=O) groups excluding carboxylic acids is 3. The minimum absolute atomic E-state index is 0.000556. The third-order valence-electron chi connectivity index (χ3n) is 4.50. The molecule has 0 aromatic heterocycles. The van der Waals surface area contributed by atoms with Crippen LogP contribution in [0.25, 0.3) is 0 Å². The van der Waals surface area contributed by atoms with Crippen LogP contribution in [0, 0.1) is 11.3 Å². The van der Waals surface area contributed by atoms with Gasteiger partial charge in [-0.1, -0.05) is 26.7 Å². The van der Waals surface area contributed by atoms with Gasteiger partial charge in [-0.3, -0.25) is 19.7 Å². The van der Waals surface area contributed by atoms with E-state index in [1.807, 2.05) is 0 Å². The summed E-state index contributed by atoms with van der Waals surface area (Å²) in [6.07, 6.45) is 4.71. The number of amides is 3. The van der Waals surface area contributed by atoms with Gasteiger partial charge in [0.1, 0.15) is 12.6 Å². The van der Waals surface area contributed by atoms with Crippen LogP contribution in [0.1, 0.15) is 52.9 Å². The van der Waals surface area contributed by atoms with Crippen LogP contribution in [-0.2, 0) is 14.4 Å². The van der Waals surface area contributed by atoms with Crippen molar-refractivity contribution in [2.45, 2.75) is 58.9 Å². The van der Waals surface area contributed by atoms with Gasteiger partial charge >= 0.3 is 0 Å². The summed E-state index contributed by atoms with van der Waals surface area (Å²) in [4.78, 5) is 37.7. The SMILES string of the molecule is CC(C)CC1(C(=O)N2CC(=O)NC(=O)C2C)CCCC1.